The second kappa shape index (κ2) is 12.1. The minimum absolute atomic E-state index is 0.0493. The maximum absolute atomic E-state index is 14.9. The minimum atomic E-state index is -1.23. The van der Waals surface area contributed by atoms with E-state index in [1.54, 1.807) is 0 Å². The van der Waals surface area contributed by atoms with Crippen LogP contribution in [0.15, 0.2) is 30.3 Å². The first-order valence-corrected chi connectivity index (χ1v) is 14.4. The smallest absolute Gasteiger partial charge is 0.227 e. The van der Waals surface area contributed by atoms with Gasteiger partial charge in [0.2, 0.25) is 11.8 Å². The van der Waals surface area contributed by atoms with E-state index in [-0.39, 0.29) is 34.9 Å². The molecule has 4 rings (SSSR count). The summed E-state index contributed by atoms with van der Waals surface area (Å²) in [6.45, 7) is 11.5. The summed E-state index contributed by atoms with van der Waals surface area (Å²) in [7, 11) is 0. The Morgan fingerprint density at radius 3 is 2.25 bits per heavy atom. The van der Waals surface area contributed by atoms with Crippen LogP contribution in [-0.4, -0.2) is 53.3 Å². The number of hydrogen-bond acceptors (Lipinski definition) is 3. The number of nitrogens with one attached hydrogen (secondary N) is 1. The van der Waals surface area contributed by atoms with E-state index in [4.69, 9.17) is 11.6 Å². The summed E-state index contributed by atoms with van der Waals surface area (Å²) in [4.78, 5) is 29.7. The maximum atomic E-state index is 14.9. The van der Waals surface area contributed by atoms with Crippen molar-refractivity contribution >= 4 is 23.4 Å². The van der Waals surface area contributed by atoms with Crippen LogP contribution in [0.4, 0.5) is 13.2 Å². The fourth-order valence-electron chi connectivity index (χ4n) is 6.25. The number of rotatable bonds is 6. The molecule has 3 atom stereocenters. The van der Waals surface area contributed by atoms with Crippen molar-refractivity contribution in [3.05, 3.63) is 69.5 Å². The van der Waals surface area contributed by atoms with E-state index < -0.39 is 29.3 Å². The molecule has 2 aliphatic rings. The first kappa shape index (κ1) is 30.4. The monoisotopic (exact) mass is 577 g/mol. The van der Waals surface area contributed by atoms with Crippen molar-refractivity contribution in [1.29, 1.82) is 0 Å². The molecule has 0 spiro atoms. The molecule has 218 valence electrons. The normalized spacial score (nSPS) is 21.5. The lowest BCUT2D eigenvalue weighted by molar-refractivity contribution is -0.136. The Morgan fingerprint density at radius 2 is 1.65 bits per heavy atom. The summed E-state index contributed by atoms with van der Waals surface area (Å²) in [6.07, 6.45) is 2.19. The number of likely N-dealkylation sites (tertiary alicyclic amines) is 2. The lowest BCUT2D eigenvalue weighted by Crippen LogP contribution is -2.44. The number of benzene rings is 2. The van der Waals surface area contributed by atoms with Gasteiger partial charge in [-0.25, -0.2) is 13.2 Å². The van der Waals surface area contributed by atoms with Gasteiger partial charge in [-0.1, -0.05) is 24.6 Å². The van der Waals surface area contributed by atoms with Gasteiger partial charge >= 0.3 is 0 Å². The summed E-state index contributed by atoms with van der Waals surface area (Å²) in [5.74, 6) is -4.31. The summed E-state index contributed by atoms with van der Waals surface area (Å²) in [5, 5.41) is 3.62. The van der Waals surface area contributed by atoms with Gasteiger partial charge < -0.3 is 10.2 Å². The lowest BCUT2D eigenvalue weighted by Gasteiger charge is -2.36. The molecule has 5 nitrogen and oxygen atoms in total. The Hall–Kier alpha value is -2.58. The zero-order valence-corrected chi connectivity index (χ0v) is 24.6. The second-order valence-corrected chi connectivity index (χ2v) is 12.5. The van der Waals surface area contributed by atoms with Crippen molar-refractivity contribution in [2.45, 2.75) is 77.3 Å². The molecule has 2 aromatic carbocycles. The highest BCUT2D eigenvalue weighted by molar-refractivity contribution is 6.30. The molecule has 40 heavy (non-hydrogen) atoms. The van der Waals surface area contributed by atoms with Gasteiger partial charge in [-0.2, -0.15) is 0 Å². The van der Waals surface area contributed by atoms with Crippen LogP contribution >= 0.6 is 11.6 Å². The molecule has 9 heteroatoms. The van der Waals surface area contributed by atoms with Gasteiger partial charge in [-0.15, -0.1) is 0 Å². The summed E-state index contributed by atoms with van der Waals surface area (Å²) >= 11 is 6.33. The van der Waals surface area contributed by atoms with Gasteiger partial charge in [-0.05, 0) is 80.8 Å². The van der Waals surface area contributed by atoms with Crippen LogP contribution in [0.25, 0.3) is 0 Å². The van der Waals surface area contributed by atoms with Gasteiger partial charge in [0, 0.05) is 55.6 Å². The summed E-state index contributed by atoms with van der Waals surface area (Å²) in [5.41, 5.74) is 1.90. The average molecular weight is 578 g/mol. The fourth-order valence-corrected chi connectivity index (χ4v) is 6.43. The lowest BCUT2D eigenvalue weighted by atomic mass is 9.83. The zero-order valence-electron chi connectivity index (χ0n) is 23.9. The molecule has 2 fully saturated rings. The Bertz CT molecular complexity index is 1260. The number of amides is 2. The number of hydrogen-bond donors (Lipinski definition) is 1. The third-order valence-electron chi connectivity index (χ3n) is 8.48. The largest absolute Gasteiger partial charge is 0.350 e. The standard InChI is InChI=1S/C31H39ClF3N3O2/c1-6-29(36-18(2)39)23-13-20(32)7-8-21(23)19-9-11-37(12-10-19)30(40)25-17-38(31(3,4)5)16-24(25)22-14-27(34)28(35)15-26(22)33/h7-8,13-15,19,24-25,29H,6,9-12,16-17H2,1-5H3,(H,36,39)/t24-,25+,29+/m1/s1. The van der Waals surface area contributed by atoms with Crippen molar-refractivity contribution in [3.8, 4) is 0 Å². The van der Waals surface area contributed by atoms with Gasteiger partial charge in [0.25, 0.3) is 0 Å². The van der Waals surface area contributed by atoms with E-state index in [0.29, 0.717) is 37.3 Å². The van der Waals surface area contributed by atoms with E-state index in [1.807, 2.05) is 50.8 Å². The van der Waals surface area contributed by atoms with Crippen LogP contribution in [0.2, 0.25) is 5.02 Å². The van der Waals surface area contributed by atoms with Crippen molar-refractivity contribution in [3.63, 3.8) is 0 Å². The number of piperidine rings is 1. The molecule has 0 aromatic heterocycles. The van der Waals surface area contributed by atoms with E-state index in [2.05, 4.69) is 10.2 Å². The van der Waals surface area contributed by atoms with Crippen LogP contribution < -0.4 is 5.32 Å². The number of carbonyl (C=O) groups excluding carboxylic acids is 2. The predicted octanol–water partition coefficient (Wildman–Crippen LogP) is 6.56. The Morgan fingerprint density at radius 1 is 1.00 bits per heavy atom. The van der Waals surface area contributed by atoms with Crippen LogP contribution in [-0.2, 0) is 9.59 Å². The molecule has 2 aliphatic heterocycles. The molecular formula is C31H39ClF3N3O2. The van der Waals surface area contributed by atoms with Crippen LogP contribution in [0.3, 0.4) is 0 Å². The molecule has 0 radical (unpaired) electrons. The average Bonchev–Trinajstić information content (AvgIpc) is 3.35. The second-order valence-electron chi connectivity index (χ2n) is 12.1. The van der Waals surface area contributed by atoms with Crippen LogP contribution in [0, 0.1) is 23.4 Å². The third kappa shape index (κ3) is 6.49. The highest BCUT2D eigenvalue weighted by Crippen LogP contribution is 2.41. The summed E-state index contributed by atoms with van der Waals surface area (Å²) < 4.78 is 42.7. The molecule has 2 saturated heterocycles. The third-order valence-corrected chi connectivity index (χ3v) is 8.72. The van der Waals surface area contributed by atoms with Crippen molar-refractivity contribution in [2.24, 2.45) is 5.92 Å². The van der Waals surface area contributed by atoms with E-state index in [9.17, 15) is 22.8 Å². The molecule has 0 saturated carbocycles. The van der Waals surface area contributed by atoms with Gasteiger partial charge in [0.1, 0.15) is 5.82 Å². The Balaban J connectivity index is 1.54. The minimum Gasteiger partial charge on any atom is -0.350 e. The van der Waals surface area contributed by atoms with Crippen molar-refractivity contribution < 1.29 is 22.8 Å². The molecule has 2 heterocycles. The molecular weight excluding hydrogens is 539 g/mol. The maximum Gasteiger partial charge on any atom is 0.227 e. The first-order valence-electron chi connectivity index (χ1n) is 14.0. The van der Waals surface area contributed by atoms with E-state index in [0.717, 1.165) is 36.5 Å². The van der Waals surface area contributed by atoms with Crippen molar-refractivity contribution in [2.75, 3.05) is 26.2 Å². The number of nitrogens with zero attached hydrogens (tertiary/aromatic N) is 2. The summed E-state index contributed by atoms with van der Waals surface area (Å²) in [6, 6.07) is 7.13. The molecule has 0 unspecified atom stereocenters. The van der Waals surface area contributed by atoms with E-state index in [1.165, 1.54) is 6.92 Å². The topological polar surface area (TPSA) is 52.7 Å². The van der Waals surface area contributed by atoms with Gasteiger partial charge in [0.05, 0.1) is 12.0 Å². The fraction of sp³-hybridized carbons (Fsp3) is 0.548. The zero-order chi connectivity index (χ0) is 29.4. The van der Waals surface area contributed by atoms with Crippen LogP contribution in [0.1, 0.15) is 88.4 Å². The van der Waals surface area contributed by atoms with Crippen LogP contribution in [0.5, 0.6) is 0 Å². The Labute approximate surface area is 240 Å². The molecule has 2 aromatic rings. The number of halogens is 4. The molecule has 0 bridgehead atoms. The molecule has 2 amide bonds. The quantitative estimate of drug-likeness (QED) is 0.395. The highest BCUT2D eigenvalue weighted by Gasteiger charge is 2.45. The molecule has 1 N–H and O–H groups in total. The SMILES string of the molecule is CC[C@H](NC(C)=O)c1cc(Cl)ccc1C1CCN(C(=O)[C@H]2CN(C(C)(C)C)C[C@@H]2c2cc(F)c(F)cc2F)CC1. The highest BCUT2D eigenvalue weighted by atomic mass is 35.5. The Kier molecular flexibility index (Phi) is 9.20. The predicted molar refractivity (Wildman–Crippen MR) is 151 cm³/mol. The first-order chi connectivity index (χ1) is 18.8. The van der Waals surface area contributed by atoms with Gasteiger partial charge in [-0.3, -0.25) is 14.5 Å². The van der Waals surface area contributed by atoms with E-state index >= 15 is 0 Å². The number of carbonyl (C=O) groups is 2. The molecule has 0 aliphatic carbocycles. The van der Waals surface area contributed by atoms with Crippen molar-refractivity contribution in [1.82, 2.24) is 15.1 Å². The van der Waals surface area contributed by atoms with Gasteiger partial charge in [0.15, 0.2) is 11.6 Å².